The summed E-state index contributed by atoms with van der Waals surface area (Å²) >= 11 is 2.50. The minimum atomic E-state index is -0.874. The third kappa shape index (κ3) is 4.91. The van der Waals surface area contributed by atoms with E-state index in [1.807, 2.05) is 0 Å². The molecule has 1 aromatic heterocycles. The number of methoxy groups -OCH3 is 1. The standard InChI is InChI=1S/C18H19N5O7S2/c1-28-11(24)4-3-6-30-17(27)10-5-7-31-16-13(15(26)23(10)16)21-14(25)12(22-29-2)9-8-32-18(19)20-9/h3-5,8,13,16H,6-7H2,1-2H3,(H2,19,20)(H,21,25)/t13?,16-/m0/s1. The molecule has 170 valence electrons. The van der Waals surface area contributed by atoms with Gasteiger partial charge in [0.1, 0.15) is 36.5 Å². The first-order chi connectivity index (χ1) is 15.4. The number of thioether (sulfide) groups is 1. The van der Waals surface area contributed by atoms with Crippen molar-refractivity contribution in [2.24, 2.45) is 5.16 Å². The Balaban J connectivity index is 1.63. The molecule has 14 heteroatoms. The summed E-state index contributed by atoms with van der Waals surface area (Å²) in [6.07, 6.45) is 4.01. The van der Waals surface area contributed by atoms with Crippen LogP contribution in [0.2, 0.25) is 0 Å². The number of amides is 2. The van der Waals surface area contributed by atoms with E-state index in [0.29, 0.717) is 5.75 Å². The first kappa shape index (κ1) is 23.3. The van der Waals surface area contributed by atoms with Gasteiger partial charge in [0.05, 0.1) is 7.11 Å². The van der Waals surface area contributed by atoms with Gasteiger partial charge in [-0.25, -0.2) is 14.6 Å². The van der Waals surface area contributed by atoms with E-state index in [1.54, 1.807) is 11.5 Å². The largest absolute Gasteiger partial charge is 0.466 e. The van der Waals surface area contributed by atoms with E-state index in [0.717, 1.165) is 17.4 Å². The fourth-order valence-electron chi connectivity index (χ4n) is 2.84. The Morgan fingerprint density at radius 2 is 2.19 bits per heavy atom. The fourth-order valence-corrected chi connectivity index (χ4v) is 4.58. The lowest BCUT2D eigenvalue weighted by Gasteiger charge is -2.48. The Morgan fingerprint density at radius 3 is 2.84 bits per heavy atom. The second-order valence-electron chi connectivity index (χ2n) is 6.19. The fraction of sp³-hybridized carbons (Fsp3) is 0.333. The molecule has 1 aromatic rings. The van der Waals surface area contributed by atoms with Gasteiger partial charge in [-0.3, -0.25) is 14.5 Å². The molecule has 2 aliphatic rings. The number of rotatable bonds is 8. The van der Waals surface area contributed by atoms with Crippen LogP contribution < -0.4 is 11.1 Å². The number of aromatic nitrogens is 1. The molecule has 0 radical (unpaired) electrons. The molecular weight excluding hydrogens is 462 g/mol. The number of nitrogens with zero attached hydrogens (tertiary/aromatic N) is 3. The first-order valence-corrected chi connectivity index (χ1v) is 11.0. The third-order valence-electron chi connectivity index (χ3n) is 4.27. The van der Waals surface area contributed by atoms with Crippen molar-refractivity contribution in [2.75, 3.05) is 32.3 Å². The number of nitrogen functional groups attached to an aromatic ring is 1. The second-order valence-corrected chi connectivity index (χ2v) is 8.23. The van der Waals surface area contributed by atoms with Crippen molar-refractivity contribution in [2.45, 2.75) is 11.4 Å². The Bertz CT molecular complexity index is 1020. The van der Waals surface area contributed by atoms with Crippen molar-refractivity contribution in [1.29, 1.82) is 0 Å². The molecule has 0 spiro atoms. The van der Waals surface area contributed by atoms with E-state index in [1.165, 1.54) is 37.0 Å². The molecule has 3 heterocycles. The van der Waals surface area contributed by atoms with Gasteiger partial charge in [0.2, 0.25) is 0 Å². The molecule has 0 aromatic carbocycles. The minimum absolute atomic E-state index is 0.0776. The zero-order valence-electron chi connectivity index (χ0n) is 17.0. The van der Waals surface area contributed by atoms with E-state index in [9.17, 15) is 19.2 Å². The van der Waals surface area contributed by atoms with Crippen LogP contribution in [0.25, 0.3) is 0 Å². The zero-order valence-corrected chi connectivity index (χ0v) is 18.6. The smallest absolute Gasteiger partial charge is 0.355 e. The number of anilines is 1. The Hall–Kier alpha value is -3.39. The lowest BCUT2D eigenvalue weighted by molar-refractivity contribution is -0.151. The highest BCUT2D eigenvalue weighted by Gasteiger charge is 2.53. The molecule has 3 N–H and O–H groups in total. The van der Waals surface area contributed by atoms with Crippen molar-refractivity contribution in [3.8, 4) is 0 Å². The molecule has 12 nitrogen and oxygen atoms in total. The van der Waals surface area contributed by atoms with Crippen LogP contribution in [0.3, 0.4) is 0 Å². The lowest BCUT2D eigenvalue weighted by Crippen LogP contribution is -2.70. The van der Waals surface area contributed by atoms with Crippen LogP contribution in [-0.2, 0) is 33.5 Å². The second kappa shape index (κ2) is 10.3. The van der Waals surface area contributed by atoms with Crippen molar-refractivity contribution < 1.29 is 33.5 Å². The summed E-state index contributed by atoms with van der Waals surface area (Å²) < 4.78 is 9.52. The molecule has 0 saturated carbocycles. The number of thiazole rings is 1. The molecule has 2 atom stereocenters. The predicted octanol–water partition coefficient (Wildman–Crippen LogP) is -0.368. The first-order valence-electron chi connectivity index (χ1n) is 9.07. The average molecular weight is 482 g/mol. The van der Waals surface area contributed by atoms with E-state index in [-0.39, 0.29) is 28.8 Å². The van der Waals surface area contributed by atoms with E-state index in [2.05, 4.69) is 20.2 Å². The number of ether oxygens (including phenoxy) is 2. The molecule has 32 heavy (non-hydrogen) atoms. The topological polar surface area (TPSA) is 163 Å². The molecule has 2 aliphatic heterocycles. The van der Waals surface area contributed by atoms with Crippen LogP contribution in [0.5, 0.6) is 0 Å². The van der Waals surface area contributed by atoms with Crippen molar-refractivity contribution in [1.82, 2.24) is 15.2 Å². The number of esters is 2. The Kier molecular flexibility index (Phi) is 7.48. The van der Waals surface area contributed by atoms with Crippen LogP contribution in [-0.4, -0.2) is 77.3 Å². The van der Waals surface area contributed by atoms with Gasteiger partial charge < -0.3 is 25.4 Å². The highest BCUT2D eigenvalue weighted by atomic mass is 32.2. The summed E-state index contributed by atoms with van der Waals surface area (Å²) in [7, 11) is 2.50. The Labute approximate surface area is 190 Å². The maximum absolute atomic E-state index is 12.7. The molecule has 0 aliphatic carbocycles. The van der Waals surface area contributed by atoms with Crippen LogP contribution in [0, 0.1) is 0 Å². The van der Waals surface area contributed by atoms with Crippen molar-refractivity contribution in [3.05, 3.63) is 35.0 Å². The molecule has 3 rings (SSSR count). The summed E-state index contributed by atoms with van der Waals surface area (Å²) in [5.74, 6) is -2.00. The number of nitrogens with one attached hydrogen (secondary N) is 1. The van der Waals surface area contributed by atoms with Gasteiger partial charge in [0.15, 0.2) is 10.8 Å². The van der Waals surface area contributed by atoms with Crippen molar-refractivity contribution >= 4 is 57.7 Å². The van der Waals surface area contributed by atoms with Crippen LogP contribution in [0.15, 0.2) is 34.5 Å². The van der Waals surface area contributed by atoms with Crippen LogP contribution in [0.1, 0.15) is 5.69 Å². The van der Waals surface area contributed by atoms with Crippen LogP contribution >= 0.6 is 23.1 Å². The van der Waals surface area contributed by atoms with Gasteiger partial charge in [0.25, 0.3) is 11.8 Å². The molecule has 1 fully saturated rings. The number of nitrogens with two attached hydrogens (primary N) is 1. The third-order valence-corrected chi connectivity index (χ3v) is 6.13. The molecule has 1 unspecified atom stereocenters. The molecule has 0 bridgehead atoms. The monoisotopic (exact) mass is 481 g/mol. The molecule has 2 amide bonds. The van der Waals surface area contributed by atoms with Gasteiger partial charge in [-0.2, -0.15) is 0 Å². The summed E-state index contributed by atoms with van der Waals surface area (Å²) in [6, 6.07) is -0.874. The van der Waals surface area contributed by atoms with Gasteiger partial charge >= 0.3 is 11.9 Å². The van der Waals surface area contributed by atoms with Gasteiger partial charge in [-0.05, 0) is 12.2 Å². The summed E-state index contributed by atoms with van der Waals surface area (Å²) in [5, 5.41) is 7.60. The van der Waals surface area contributed by atoms with Gasteiger partial charge in [0, 0.05) is 17.2 Å². The maximum Gasteiger partial charge on any atom is 0.355 e. The summed E-state index contributed by atoms with van der Waals surface area (Å²) in [4.78, 5) is 58.8. The normalized spacial score (nSPS) is 20.2. The number of hydrogen-bond acceptors (Lipinski definition) is 12. The summed E-state index contributed by atoms with van der Waals surface area (Å²) in [6.45, 7) is -0.168. The van der Waals surface area contributed by atoms with Crippen molar-refractivity contribution in [3.63, 3.8) is 0 Å². The quantitative estimate of drug-likeness (QED) is 0.165. The average Bonchev–Trinajstić information content (AvgIpc) is 3.23. The number of hydrogen-bond donors (Lipinski definition) is 2. The van der Waals surface area contributed by atoms with Crippen LogP contribution in [0.4, 0.5) is 5.13 Å². The lowest BCUT2D eigenvalue weighted by atomic mass is 10.0. The highest BCUT2D eigenvalue weighted by Crippen LogP contribution is 2.37. The van der Waals surface area contributed by atoms with Gasteiger partial charge in [-0.15, -0.1) is 23.1 Å². The number of oxime groups is 1. The number of carbonyl (C=O) groups excluding carboxylic acids is 4. The number of carbonyl (C=O) groups is 4. The molecule has 1 saturated heterocycles. The highest BCUT2D eigenvalue weighted by molar-refractivity contribution is 8.00. The van der Waals surface area contributed by atoms with Gasteiger partial charge in [-0.1, -0.05) is 5.16 Å². The van der Waals surface area contributed by atoms with E-state index in [4.69, 9.17) is 15.3 Å². The molecular formula is C18H19N5O7S2. The van der Waals surface area contributed by atoms with E-state index >= 15 is 0 Å². The zero-order chi connectivity index (χ0) is 23.3. The predicted molar refractivity (Wildman–Crippen MR) is 115 cm³/mol. The number of β-lactam (4-membered cyclic amide) rings is 1. The van der Waals surface area contributed by atoms with E-state index < -0.39 is 35.2 Å². The minimum Gasteiger partial charge on any atom is -0.466 e. The Morgan fingerprint density at radius 1 is 1.41 bits per heavy atom. The SMILES string of the molecule is CON=C(C(=O)NC1C(=O)N2C(C(=O)OCC=CC(=O)OC)=CCS[C@@H]12)c1csc(N)n1. The maximum atomic E-state index is 12.7. The summed E-state index contributed by atoms with van der Waals surface area (Å²) in [5.41, 5.74) is 5.78. The number of fused-ring (bicyclic) bond motifs is 1.